The van der Waals surface area contributed by atoms with Crippen LogP contribution in [-0.2, 0) is 5.60 Å². The number of fused-ring (bicyclic) bond motifs is 1. The average molecular weight is 413 g/mol. The van der Waals surface area contributed by atoms with Gasteiger partial charge in [0.2, 0.25) is 0 Å². The molecule has 1 aromatic carbocycles. The van der Waals surface area contributed by atoms with Crippen molar-refractivity contribution in [3.63, 3.8) is 0 Å². The van der Waals surface area contributed by atoms with Gasteiger partial charge in [0.25, 0.3) is 5.91 Å². The SMILES string of the molecule is Cc1nc(C(=O)Nc2cc3oc([C@H]4CC[C@H](CO)CC4)nc3cc2C(C)(C)O)co1. The van der Waals surface area contributed by atoms with Gasteiger partial charge in [-0.25, -0.2) is 9.97 Å². The van der Waals surface area contributed by atoms with E-state index in [9.17, 15) is 15.0 Å². The summed E-state index contributed by atoms with van der Waals surface area (Å²) >= 11 is 0. The fourth-order valence-corrected chi connectivity index (χ4v) is 4.02. The van der Waals surface area contributed by atoms with E-state index < -0.39 is 11.5 Å². The molecule has 4 rings (SSSR count). The summed E-state index contributed by atoms with van der Waals surface area (Å²) in [6, 6.07) is 3.45. The lowest BCUT2D eigenvalue weighted by Crippen LogP contribution is -2.21. The summed E-state index contributed by atoms with van der Waals surface area (Å²) in [5.41, 5.74) is 1.12. The number of oxazole rings is 2. The van der Waals surface area contributed by atoms with Crippen LogP contribution in [0.15, 0.2) is 27.2 Å². The quantitative estimate of drug-likeness (QED) is 0.580. The van der Waals surface area contributed by atoms with Gasteiger partial charge in [-0.3, -0.25) is 4.79 Å². The summed E-state index contributed by atoms with van der Waals surface area (Å²) < 4.78 is 11.1. The molecule has 1 aliphatic rings. The van der Waals surface area contributed by atoms with E-state index in [4.69, 9.17) is 8.83 Å². The van der Waals surface area contributed by atoms with E-state index in [1.807, 2.05) is 0 Å². The normalized spacial score (nSPS) is 19.9. The zero-order valence-corrected chi connectivity index (χ0v) is 17.4. The Hall–Kier alpha value is -2.71. The summed E-state index contributed by atoms with van der Waals surface area (Å²) in [6.45, 7) is 5.20. The summed E-state index contributed by atoms with van der Waals surface area (Å²) in [4.78, 5) is 21.3. The second-order valence-electron chi connectivity index (χ2n) is 8.58. The molecule has 1 saturated carbocycles. The lowest BCUT2D eigenvalue weighted by Gasteiger charge is -2.24. The highest BCUT2D eigenvalue weighted by molar-refractivity contribution is 6.04. The zero-order chi connectivity index (χ0) is 21.5. The van der Waals surface area contributed by atoms with Crippen molar-refractivity contribution in [2.75, 3.05) is 11.9 Å². The first kappa shape index (κ1) is 20.6. The van der Waals surface area contributed by atoms with Crippen molar-refractivity contribution in [1.29, 1.82) is 0 Å². The number of hydrogen-bond acceptors (Lipinski definition) is 7. The number of aliphatic hydroxyl groups is 2. The molecule has 0 bridgehead atoms. The van der Waals surface area contributed by atoms with Gasteiger partial charge in [-0.2, -0.15) is 0 Å². The molecule has 2 heterocycles. The summed E-state index contributed by atoms with van der Waals surface area (Å²) in [6.07, 6.45) is 5.04. The van der Waals surface area contributed by atoms with Crippen LogP contribution in [-0.4, -0.2) is 32.7 Å². The van der Waals surface area contributed by atoms with Crippen LogP contribution in [0.4, 0.5) is 5.69 Å². The van der Waals surface area contributed by atoms with Gasteiger partial charge in [0.15, 0.2) is 23.1 Å². The number of hydrogen-bond donors (Lipinski definition) is 3. The number of amides is 1. The first-order chi connectivity index (χ1) is 14.2. The number of aryl methyl sites for hydroxylation is 1. The average Bonchev–Trinajstić information content (AvgIpc) is 3.32. The Morgan fingerprint density at radius 2 is 1.97 bits per heavy atom. The van der Waals surface area contributed by atoms with Crippen molar-refractivity contribution in [2.45, 2.75) is 58.0 Å². The maximum absolute atomic E-state index is 12.6. The maximum Gasteiger partial charge on any atom is 0.277 e. The van der Waals surface area contributed by atoms with Crippen molar-refractivity contribution in [3.05, 3.63) is 41.4 Å². The smallest absolute Gasteiger partial charge is 0.277 e. The third-order valence-corrected chi connectivity index (χ3v) is 5.76. The van der Waals surface area contributed by atoms with Crippen LogP contribution in [0.1, 0.15) is 73.3 Å². The van der Waals surface area contributed by atoms with Gasteiger partial charge >= 0.3 is 0 Å². The molecule has 0 spiro atoms. The van der Waals surface area contributed by atoms with Crippen LogP contribution >= 0.6 is 0 Å². The highest BCUT2D eigenvalue weighted by atomic mass is 16.4. The van der Waals surface area contributed by atoms with Crippen LogP contribution in [0.25, 0.3) is 11.1 Å². The van der Waals surface area contributed by atoms with E-state index in [1.54, 1.807) is 32.9 Å². The molecule has 3 aromatic rings. The number of aliphatic hydroxyl groups excluding tert-OH is 1. The predicted octanol–water partition coefficient (Wildman–Crippen LogP) is 3.87. The highest BCUT2D eigenvalue weighted by Crippen LogP contribution is 2.38. The van der Waals surface area contributed by atoms with Gasteiger partial charge in [-0.05, 0) is 51.5 Å². The first-order valence-corrected chi connectivity index (χ1v) is 10.3. The predicted molar refractivity (Wildman–Crippen MR) is 110 cm³/mol. The van der Waals surface area contributed by atoms with E-state index >= 15 is 0 Å². The lowest BCUT2D eigenvalue weighted by atomic mass is 9.82. The van der Waals surface area contributed by atoms with Gasteiger partial charge in [-0.15, -0.1) is 0 Å². The van der Waals surface area contributed by atoms with E-state index in [0.717, 1.165) is 25.7 Å². The van der Waals surface area contributed by atoms with Crippen molar-refractivity contribution in [3.8, 4) is 0 Å². The van der Waals surface area contributed by atoms with Crippen LogP contribution in [0.2, 0.25) is 0 Å². The zero-order valence-electron chi connectivity index (χ0n) is 17.4. The van der Waals surface area contributed by atoms with Gasteiger partial charge in [-0.1, -0.05) is 0 Å². The number of nitrogens with one attached hydrogen (secondary N) is 1. The van der Waals surface area contributed by atoms with Crippen molar-refractivity contribution in [2.24, 2.45) is 5.92 Å². The van der Waals surface area contributed by atoms with Crippen LogP contribution < -0.4 is 5.32 Å². The molecule has 0 saturated heterocycles. The molecular formula is C22H27N3O5. The summed E-state index contributed by atoms with van der Waals surface area (Å²) in [5, 5.41) is 22.8. The standard InChI is InChI=1S/C22H27N3O5/c1-12-23-18(11-29-12)20(27)24-16-9-19-17(8-15(16)22(2,3)28)25-21(30-19)14-6-4-13(10-26)5-7-14/h8-9,11,13-14,26,28H,4-7,10H2,1-3H3,(H,24,27)/t13-,14-. The van der Waals surface area contributed by atoms with Gasteiger partial charge < -0.3 is 24.4 Å². The second kappa shape index (κ2) is 7.85. The van der Waals surface area contributed by atoms with E-state index in [-0.39, 0.29) is 18.2 Å². The van der Waals surface area contributed by atoms with Crippen LogP contribution in [0.3, 0.4) is 0 Å². The monoisotopic (exact) mass is 413 g/mol. The molecule has 8 nitrogen and oxygen atoms in total. The van der Waals surface area contributed by atoms with Crippen LogP contribution in [0.5, 0.6) is 0 Å². The molecule has 0 aliphatic heterocycles. The first-order valence-electron chi connectivity index (χ1n) is 10.3. The molecule has 1 fully saturated rings. The Balaban J connectivity index is 1.66. The number of aromatic nitrogens is 2. The van der Waals surface area contributed by atoms with Crippen molar-refractivity contribution >= 4 is 22.7 Å². The minimum Gasteiger partial charge on any atom is -0.448 e. The topological polar surface area (TPSA) is 122 Å². The minimum atomic E-state index is -1.20. The third-order valence-electron chi connectivity index (χ3n) is 5.76. The molecule has 30 heavy (non-hydrogen) atoms. The molecule has 2 aromatic heterocycles. The van der Waals surface area contributed by atoms with Crippen LogP contribution in [0, 0.1) is 12.8 Å². The molecule has 0 radical (unpaired) electrons. The maximum atomic E-state index is 12.6. The molecular weight excluding hydrogens is 386 g/mol. The molecule has 8 heteroatoms. The van der Waals surface area contributed by atoms with Gasteiger partial charge in [0.05, 0.1) is 11.3 Å². The van der Waals surface area contributed by atoms with Crippen molar-refractivity contribution < 1.29 is 23.8 Å². The molecule has 0 unspecified atom stereocenters. The number of rotatable bonds is 5. The van der Waals surface area contributed by atoms with Crippen molar-refractivity contribution in [1.82, 2.24) is 9.97 Å². The fourth-order valence-electron chi connectivity index (χ4n) is 4.02. The second-order valence-corrected chi connectivity index (χ2v) is 8.58. The minimum absolute atomic E-state index is 0.160. The molecule has 1 aliphatic carbocycles. The fraction of sp³-hybridized carbons (Fsp3) is 0.500. The lowest BCUT2D eigenvalue weighted by molar-refractivity contribution is 0.0793. The number of nitrogens with zero attached hydrogens (tertiary/aromatic N) is 2. The number of carbonyl (C=O) groups is 1. The van der Waals surface area contributed by atoms with Gasteiger partial charge in [0, 0.05) is 31.1 Å². The Labute approximate surface area is 174 Å². The summed E-state index contributed by atoms with van der Waals surface area (Å²) in [7, 11) is 0. The Morgan fingerprint density at radius 3 is 2.57 bits per heavy atom. The third kappa shape index (κ3) is 4.11. The Morgan fingerprint density at radius 1 is 1.23 bits per heavy atom. The van der Waals surface area contributed by atoms with E-state index in [1.165, 1.54) is 6.26 Å². The van der Waals surface area contributed by atoms with E-state index in [2.05, 4.69) is 15.3 Å². The Kier molecular flexibility index (Phi) is 5.38. The number of benzene rings is 1. The molecule has 160 valence electrons. The summed E-state index contributed by atoms with van der Waals surface area (Å²) in [5.74, 6) is 1.20. The number of anilines is 1. The molecule has 1 amide bonds. The number of carbonyl (C=O) groups excluding carboxylic acids is 1. The Bertz CT molecular complexity index is 1050. The van der Waals surface area contributed by atoms with E-state index in [0.29, 0.717) is 40.0 Å². The molecule has 0 atom stereocenters. The highest BCUT2D eigenvalue weighted by Gasteiger charge is 2.28. The molecule has 3 N–H and O–H groups in total. The largest absolute Gasteiger partial charge is 0.448 e. The van der Waals surface area contributed by atoms with Gasteiger partial charge in [0.1, 0.15) is 11.8 Å².